The summed E-state index contributed by atoms with van der Waals surface area (Å²) in [5.41, 5.74) is 0.630. The molecule has 0 bridgehead atoms. The van der Waals surface area contributed by atoms with Gasteiger partial charge in [-0.15, -0.1) is 0 Å². The van der Waals surface area contributed by atoms with Crippen molar-refractivity contribution < 1.29 is 8.95 Å². The first-order valence-electron chi connectivity index (χ1n) is 6.03. The van der Waals surface area contributed by atoms with Crippen molar-refractivity contribution in [3.63, 3.8) is 0 Å². The average molecular weight is 298 g/mol. The van der Waals surface area contributed by atoms with Crippen LogP contribution in [0.25, 0.3) is 10.3 Å². The normalized spacial score (nSPS) is 18.5. The van der Waals surface area contributed by atoms with Gasteiger partial charge in [0, 0.05) is 26.0 Å². The van der Waals surface area contributed by atoms with E-state index in [9.17, 15) is 4.21 Å². The maximum atomic E-state index is 11.5. The highest BCUT2D eigenvalue weighted by molar-refractivity contribution is 7.86. The van der Waals surface area contributed by atoms with Gasteiger partial charge in [0.15, 0.2) is 15.8 Å². The molecule has 6 nitrogen and oxygen atoms in total. The molecule has 0 aliphatic carbocycles. The molecule has 1 fully saturated rings. The quantitative estimate of drug-likeness (QED) is 0.825. The zero-order valence-corrected chi connectivity index (χ0v) is 12.2. The Kier molecular flexibility index (Phi) is 3.72. The van der Waals surface area contributed by atoms with Gasteiger partial charge in [-0.3, -0.25) is 4.21 Å². The Morgan fingerprint density at radius 2 is 2.26 bits per heavy atom. The zero-order chi connectivity index (χ0) is 13.2. The van der Waals surface area contributed by atoms with Gasteiger partial charge in [-0.05, 0) is 6.42 Å². The highest BCUT2D eigenvalue weighted by Gasteiger charge is 2.18. The first-order chi connectivity index (χ1) is 9.25. The molecule has 0 aromatic carbocycles. The minimum absolute atomic E-state index is 0.600. The second kappa shape index (κ2) is 5.48. The van der Waals surface area contributed by atoms with Gasteiger partial charge < -0.3 is 9.64 Å². The lowest BCUT2D eigenvalue weighted by atomic mass is 10.4. The van der Waals surface area contributed by atoms with Crippen LogP contribution in [0.2, 0.25) is 0 Å². The van der Waals surface area contributed by atoms with Crippen LogP contribution in [-0.4, -0.2) is 51.7 Å². The fourth-order valence-corrected chi connectivity index (χ4v) is 3.73. The molecule has 102 valence electrons. The third-order valence-electron chi connectivity index (χ3n) is 2.92. The van der Waals surface area contributed by atoms with Crippen molar-refractivity contribution in [1.29, 1.82) is 0 Å². The van der Waals surface area contributed by atoms with Gasteiger partial charge >= 0.3 is 0 Å². The van der Waals surface area contributed by atoms with Crippen molar-refractivity contribution in [3.05, 3.63) is 6.33 Å². The van der Waals surface area contributed by atoms with Crippen LogP contribution in [0.1, 0.15) is 6.42 Å². The second-order valence-corrected chi connectivity index (χ2v) is 6.79. The molecule has 3 rings (SSSR count). The van der Waals surface area contributed by atoms with Crippen LogP contribution in [0.4, 0.5) is 5.82 Å². The summed E-state index contributed by atoms with van der Waals surface area (Å²) in [7, 11) is -1.08. The van der Waals surface area contributed by atoms with E-state index in [1.807, 2.05) is 0 Å². The average Bonchev–Trinajstić information content (AvgIpc) is 2.67. The van der Waals surface area contributed by atoms with E-state index in [1.54, 1.807) is 6.26 Å². The Hall–Kier alpha value is -1.12. The summed E-state index contributed by atoms with van der Waals surface area (Å²) >= 11 is 1.41. The van der Waals surface area contributed by atoms with Crippen LogP contribution in [0.15, 0.2) is 10.7 Å². The van der Waals surface area contributed by atoms with Gasteiger partial charge in [0.25, 0.3) is 0 Å². The molecule has 3 heterocycles. The molecule has 1 saturated heterocycles. The third kappa shape index (κ3) is 2.60. The van der Waals surface area contributed by atoms with Crippen LogP contribution in [-0.2, 0) is 15.5 Å². The fourth-order valence-electron chi connectivity index (χ4n) is 2.03. The largest absolute Gasteiger partial charge is 0.380 e. The summed E-state index contributed by atoms with van der Waals surface area (Å²) in [6.07, 6.45) is 4.13. The maximum Gasteiger partial charge on any atom is 0.183 e. The molecule has 0 saturated carbocycles. The number of anilines is 1. The van der Waals surface area contributed by atoms with Crippen LogP contribution in [0, 0.1) is 0 Å². The van der Waals surface area contributed by atoms with Gasteiger partial charge in [-0.1, -0.05) is 11.3 Å². The monoisotopic (exact) mass is 298 g/mol. The topological polar surface area (TPSA) is 68.2 Å². The molecule has 2 aromatic rings. The number of hydrogen-bond donors (Lipinski definition) is 0. The first kappa shape index (κ1) is 12.9. The summed E-state index contributed by atoms with van der Waals surface area (Å²) in [5.74, 6) is 0.879. The number of fused-ring (bicyclic) bond motifs is 1. The van der Waals surface area contributed by atoms with Crippen molar-refractivity contribution >= 4 is 38.3 Å². The smallest absolute Gasteiger partial charge is 0.183 e. The minimum atomic E-state index is -1.08. The van der Waals surface area contributed by atoms with E-state index in [0.717, 1.165) is 36.6 Å². The van der Waals surface area contributed by atoms with Gasteiger partial charge in [0.1, 0.15) is 11.0 Å². The van der Waals surface area contributed by atoms with Crippen LogP contribution >= 0.6 is 11.3 Å². The van der Waals surface area contributed by atoms with E-state index in [0.29, 0.717) is 16.6 Å². The van der Waals surface area contributed by atoms with Crippen molar-refractivity contribution in [1.82, 2.24) is 15.0 Å². The maximum absolute atomic E-state index is 11.5. The highest BCUT2D eigenvalue weighted by Crippen LogP contribution is 2.30. The number of thiazole rings is 1. The van der Waals surface area contributed by atoms with Crippen molar-refractivity contribution in [3.8, 4) is 0 Å². The fraction of sp³-hybridized carbons (Fsp3) is 0.545. The summed E-state index contributed by atoms with van der Waals surface area (Å²) in [5, 5.41) is 0. The van der Waals surface area contributed by atoms with Crippen molar-refractivity contribution in [2.45, 2.75) is 10.8 Å². The molecule has 19 heavy (non-hydrogen) atoms. The van der Waals surface area contributed by atoms with Crippen LogP contribution in [0.5, 0.6) is 0 Å². The number of rotatable bonds is 2. The summed E-state index contributed by atoms with van der Waals surface area (Å²) in [4.78, 5) is 15.0. The zero-order valence-electron chi connectivity index (χ0n) is 10.5. The van der Waals surface area contributed by atoms with Gasteiger partial charge in [0.05, 0.1) is 17.4 Å². The molecule has 0 amide bonds. The molecule has 2 aromatic heterocycles. The highest BCUT2D eigenvalue weighted by atomic mass is 32.2. The lowest BCUT2D eigenvalue weighted by Crippen LogP contribution is -2.26. The second-order valence-electron chi connectivity index (χ2n) is 4.24. The molecule has 1 atom stereocenters. The number of ether oxygens (including phenoxy) is 1. The van der Waals surface area contributed by atoms with Gasteiger partial charge in [-0.25, -0.2) is 15.0 Å². The van der Waals surface area contributed by atoms with E-state index in [-0.39, 0.29) is 0 Å². The molecule has 1 aliphatic rings. The Labute approximate surface area is 117 Å². The Balaban J connectivity index is 2.04. The minimum Gasteiger partial charge on any atom is -0.380 e. The number of nitrogens with zero attached hydrogens (tertiary/aromatic N) is 4. The Bertz CT molecular complexity index is 608. The van der Waals surface area contributed by atoms with E-state index >= 15 is 0 Å². The van der Waals surface area contributed by atoms with Gasteiger partial charge in [-0.2, -0.15) is 0 Å². The van der Waals surface area contributed by atoms with Crippen LogP contribution < -0.4 is 4.90 Å². The van der Waals surface area contributed by atoms with E-state index in [1.165, 1.54) is 17.7 Å². The molecule has 8 heteroatoms. The summed E-state index contributed by atoms with van der Waals surface area (Å²) in [6, 6.07) is 0. The molecule has 1 aliphatic heterocycles. The number of hydrogen-bond acceptors (Lipinski definition) is 7. The molecule has 0 spiro atoms. The Morgan fingerprint density at radius 1 is 1.37 bits per heavy atom. The molecule has 0 N–H and O–H groups in total. The van der Waals surface area contributed by atoms with E-state index < -0.39 is 10.8 Å². The number of aromatic nitrogens is 3. The SMILES string of the molecule is CS(=O)c1nc2ncnc(N3CCCOCC3)c2s1. The van der Waals surface area contributed by atoms with Crippen molar-refractivity contribution in [2.75, 3.05) is 37.5 Å². The van der Waals surface area contributed by atoms with E-state index in [2.05, 4.69) is 19.9 Å². The lowest BCUT2D eigenvalue weighted by molar-refractivity contribution is 0.152. The van der Waals surface area contributed by atoms with Gasteiger partial charge in [0.2, 0.25) is 0 Å². The van der Waals surface area contributed by atoms with E-state index in [4.69, 9.17) is 4.74 Å². The van der Waals surface area contributed by atoms with Crippen molar-refractivity contribution in [2.24, 2.45) is 0 Å². The van der Waals surface area contributed by atoms with Crippen LogP contribution in [0.3, 0.4) is 0 Å². The predicted octanol–water partition coefficient (Wildman–Crippen LogP) is 1.05. The third-order valence-corrected chi connectivity index (χ3v) is 5.29. The molecular formula is C11H14N4O2S2. The lowest BCUT2D eigenvalue weighted by Gasteiger charge is -2.20. The Morgan fingerprint density at radius 3 is 3.11 bits per heavy atom. The molecule has 1 unspecified atom stereocenters. The standard InChI is InChI=1S/C11H14N4O2S2/c1-19(16)11-14-9-8(18-11)10(13-7-12-9)15-3-2-5-17-6-4-15/h7H,2-6H2,1H3. The molecule has 0 radical (unpaired) electrons. The molecular weight excluding hydrogens is 284 g/mol. The predicted molar refractivity (Wildman–Crippen MR) is 75.2 cm³/mol. The summed E-state index contributed by atoms with van der Waals surface area (Å²) in [6.45, 7) is 3.22. The first-order valence-corrected chi connectivity index (χ1v) is 8.41. The summed E-state index contributed by atoms with van der Waals surface area (Å²) < 4.78 is 18.5.